The van der Waals surface area contributed by atoms with Crippen LogP contribution in [0.15, 0.2) is 66.7 Å². The number of hydrogen-bond acceptors (Lipinski definition) is 6. The highest BCUT2D eigenvalue weighted by molar-refractivity contribution is 7.20. The SMILES string of the molecule is CCOC(=O)c1cc(-c2ccccc2)sc1NC(=O)CN1C(=O)N[C@](C)(c2ccccc2)C1=O. The number of anilines is 1. The molecule has 2 heterocycles. The maximum absolute atomic E-state index is 13.1. The van der Waals surface area contributed by atoms with Gasteiger partial charge >= 0.3 is 12.0 Å². The summed E-state index contributed by atoms with van der Waals surface area (Å²) in [4.78, 5) is 52.6. The smallest absolute Gasteiger partial charge is 0.341 e. The second-order valence-corrected chi connectivity index (χ2v) is 8.85. The lowest BCUT2D eigenvalue weighted by atomic mass is 9.92. The average Bonchev–Trinajstić information content (AvgIpc) is 3.35. The molecule has 1 fully saturated rings. The van der Waals surface area contributed by atoms with E-state index in [1.807, 2.05) is 36.4 Å². The van der Waals surface area contributed by atoms with E-state index >= 15 is 0 Å². The molecule has 2 aromatic carbocycles. The van der Waals surface area contributed by atoms with Gasteiger partial charge in [0.1, 0.15) is 17.1 Å². The molecule has 0 spiro atoms. The van der Waals surface area contributed by atoms with Crippen molar-refractivity contribution < 1.29 is 23.9 Å². The number of carbonyl (C=O) groups is 4. The molecule has 2 N–H and O–H groups in total. The van der Waals surface area contributed by atoms with Crippen molar-refractivity contribution in [3.05, 3.63) is 77.9 Å². The van der Waals surface area contributed by atoms with Crippen LogP contribution >= 0.6 is 11.3 Å². The van der Waals surface area contributed by atoms with E-state index in [-0.39, 0.29) is 12.2 Å². The summed E-state index contributed by atoms with van der Waals surface area (Å²) < 4.78 is 5.13. The zero-order chi connectivity index (χ0) is 24.3. The van der Waals surface area contributed by atoms with Crippen molar-refractivity contribution in [2.45, 2.75) is 19.4 Å². The molecule has 1 aliphatic rings. The van der Waals surface area contributed by atoms with E-state index in [2.05, 4.69) is 10.6 Å². The molecule has 0 aliphatic carbocycles. The second kappa shape index (κ2) is 9.48. The summed E-state index contributed by atoms with van der Waals surface area (Å²) in [7, 11) is 0. The Hall–Kier alpha value is -3.98. The van der Waals surface area contributed by atoms with Crippen molar-refractivity contribution >= 4 is 40.2 Å². The number of benzene rings is 2. The molecule has 174 valence electrons. The summed E-state index contributed by atoms with van der Waals surface area (Å²) in [5.74, 6) is -1.70. The number of amides is 4. The summed E-state index contributed by atoms with van der Waals surface area (Å²) >= 11 is 1.21. The fourth-order valence-corrected chi connectivity index (χ4v) is 4.77. The lowest BCUT2D eigenvalue weighted by Gasteiger charge is -2.22. The van der Waals surface area contributed by atoms with Gasteiger partial charge in [0.05, 0.1) is 12.2 Å². The summed E-state index contributed by atoms with van der Waals surface area (Å²) in [6, 6.07) is 19.3. The third-order valence-corrected chi connectivity index (χ3v) is 6.57. The topological polar surface area (TPSA) is 105 Å². The first kappa shape index (κ1) is 23.2. The third-order valence-electron chi connectivity index (χ3n) is 5.47. The van der Waals surface area contributed by atoms with Crippen LogP contribution in [0.1, 0.15) is 29.8 Å². The van der Waals surface area contributed by atoms with Gasteiger partial charge in [-0.1, -0.05) is 60.7 Å². The molecular formula is C25H23N3O5S. The zero-order valence-corrected chi connectivity index (χ0v) is 19.5. The van der Waals surface area contributed by atoms with Crippen LogP contribution in [-0.2, 0) is 19.9 Å². The van der Waals surface area contributed by atoms with Crippen LogP contribution < -0.4 is 10.6 Å². The number of thiophene rings is 1. The van der Waals surface area contributed by atoms with Gasteiger partial charge in [-0.2, -0.15) is 0 Å². The Morgan fingerprint density at radius 2 is 1.71 bits per heavy atom. The van der Waals surface area contributed by atoms with Crippen LogP contribution in [0.2, 0.25) is 0 Å². The first-order chi connectivity index (χ1) is 16.3. The number of imide groups is 1. The highest BCUT2D eigenvalue weighted by atomic mass is 32.1. The van der Waals surface area contributed by atoms with Gasteiger partial charge in [0.2, 0.25) is 5.91 Å². The number of urea groups is 1. The lowest BCUT2D eigenvalue weighted by molar-refractivity contribution is -0.133. The number of rotatable bonds is 7. The molecule has 4 amide bonds. The van der Waals surface area contributed by atoms with Crippen molar-refractivity contribution in [3.8, 4) is 10.4 Å². The predicted octanol–water partition coefficient (Wildman–Crippen LogP) is 4.00. The van der Waals surface area contributed by atoms with Crippen molar-refractivity contribution in [2.24, 2.45) is 0 Å². The molecular weight excluding hydrogens is 454 g/mol. The Kier molecular flexibility index (Phi) is 6.47. The summed E-state index contributed by atoms with van der Waals surface area (Å²) in [6.45, 7) is 2.99. The fraction of sp³-hybridized carbons (Fsp3) is 0.200. The molecule has 1 aliphatic heterocycles. The quantitative estimate of drug-likeness (QED) is 0.395. The normalized spacial score (nSPS) is 17.4. The van der Waals surface area contributed by atoms with E-state index in [0.717, 1.165) is 15.3 Å². The van der Waals surface area contributed by atoms with Crippen LogP contribution in [-0.4, -0.2) is 41.9 Å². The highest BCUT2D eigenvalue weighted by Gasteiger charge is 2.49. The van der Waals surface area contributed by atoms with Crippen molar-refractivity contribution in [3.63, 3.8) is 0 Å². The van der Waals surface area contributed by atoms with Gasteiger partial charge in [0.15, 0.2) is 0 Å². The van der Waals surface area contributed by atoms with Gasteiger partial charge in [0, 0.05) is 4.88 Å². The number of ether oxygens (including phenoxy) is 1. The van der Waals surface area contributed by atoms with E-state index in [4.69, 9.17) is 4.74 Å². The number of carbonyl (C=O) groups excluding carboxylic acids is 4. The average molecular weight is 478 g/mol. The van der Waals surface area contributed by atoms with Gasteiger partial charge in [-0.25, -0.2) is 9.59 Å². The number of nitrogens with zero attached hydrogens (tertiary/aromatic N) is 1. The second-order valence-electron chi connectivity index (χ2n) is 7.80. The number of hydrogen-bond donors (Lipinski definition) is 2. The van der Waals surface area contributed by atoms with Gasteiger partial charge < -0.3 is 15.4 Å². The molecule has 1 aromatic heterocycles. The molecule has 9 heteroatoms. The van der Waals surface area contributed by atoms with Gasteiger partial charge in [-0.05, 0) is 31.0 Å². The van der Waals surface area contributed by atoms with E-state index in [1.54, 1.807) is 44.2 Å². The maximum atomic E-state index is 13.1. The summed E-state index contributed by atoms with van der Waals surface area (Å²) in [5.41, 5.74) is 0.446. The van der Waals surface area contributed by atoms with E-state index in [9.17, 15) is 19.2 Å². The third kappa shape index (κ3) is 4.42. The predicted molar refractivity (Wildman–Crippen MR) is 128 cm³/mol. The van der Waals surface area contributed by atoms with Crippen molar-refractivity contribution in [1.29, 1.82) is 0 Å². The standard InChI is InChI=1S/C25H23N3O5S/c1-3-33-22(30)18-14-19(16-10-6-4-7-11-16)34-21(18)26-20(29)15-28-23(31)25(2,27-24(28)32)17-12-8-5-9-13-17/h4-14H,3,15H2,1-2H3,(H,26,29)(H,27,32)/t25-/m1/s1. The lowest BCUT2D eigenvalue weighted by Crippen LogP contribution is -2.42. The first-order valence-electron chi connectivity index (χ1n) is 10.7. The molecule has 34 heavy (non-hydrogen) atoms. The molecule has 0 radical (unpaired) electrons. The van der Waals surface area contributed by atoms with E-state index < -0.39 is 35.9 Å². The van der Waals surface area contributed by atoms with E-state index in [0.29, 0.717) is 10.6 Å². The Morgan fingerprint density at radius 1 is 1.06 bits per heavy atom. The van der Waals surface area contributed by atoms with Gasteiger partial charge in [-0.3, -0.25) is 14.5 Å². The van der Waals surface area contributed by atoms with Crippen LogP contribution in [0.3, 0.4) is 0 Å². The minimum Gasteiger partial charge on any atom is -0.462 e. The Morgan fingerprint density at radius 3 is 2.35 bits per heavy atom. The Labute approximate surface area is 200 Å². The molecule has 3 aromatic rings. The molecule has 0 unspecified atom stereocenters. The molecule has 8 nitrogen and oxygen atoms in total. The van der Waals surface area contributed by atoms with Crippen molar-refractivity contribution in [1.82, 2.24) is 10.2 Å². The Bertz CT molecular complexity index is 1240. The minimum absolute atomic E-state index is 0.184. The van der Waals surface area contributed by atoms with Crippen LogP contribution in [0, 0.1) is 0 Å². The maximum Gasteiger partial charge on any atom is 0.341 e. The first-order valence-corrected chi connectivity index (χ1v) is 11.5. The molecule has 0 bridgehead atoms. The molecule has 1 atom stereocenters. The fourth-order valence-electron chi connectivity index (χ4n) is 3.71. The van der Waals surface area contributed by atoms with Crippen LogP contribution in [0.25, 0.3) is 10.4 Å². The van der Waals surface area contributed by atoms with Crippen LogP contribution in [0.5, 0.6) is 0 Å². The summed E-state index contributed by atoms with van der Waals surface area (Å²) in [5, 5.41) is 5.65. The Balaban J connectivity index is 1.55. The van der Waals surface area contributed by atoms with Gasteiger partial charge in [-0.15, -0.1) is 11.3 Å². The van der Waals surface area contributed by atoms with E-state index in [1.165, 1.54) is 11.3 Å². The largest absolute Gasteiger partial charge is 0.462 e. The van der Waals surface area contributed by atoms with Crippen LogP contribution in [0.4, 0.5) is 9.80 Å². The number of nitrogens with one attached hydrogen (secondary N) is 2. The minimum atomic E-state index is -1.27. The molecule has 1 saturated heterocycles. The highest BCUT2D eigenvalue weighted by Crippen LogP contribution is 2.36. The zero-order valence-electron chi connectivity index (χ0n) is 18.7. The number of esters is 1. The molecule has 0 saturated carbocycles. The van der Waals surface area contributed by atoms with Crippen molar-refractivity contribution in [2.75, 3.05) is 18.5 Å². The summed E-state index contributed by atoms with van der Waals surface area (Å²) in [6.07, 6.45) is 0. The monoisotopic (exact) mass is 477 g/mol. The molecule has 4 rings (SSSR count). The van der Waals surface area contributed by atoms with Gasteiger partial charge in [0.25, 0.3) is 5.91 Å².